The number of ether oxygens (including phenoxy) is 2. The lowest BCUT2D eigenvalue weighted by Crippen LogP contribution is -2.41. The van der Waals surface area contributed by atoms with Gasteiger partial charge in [0.05, 0.1) is 13.2 Å². The van der Waals surface area contributed by atoms with Crippen LogP contribution < -0.4 is 9.64 Å². The maximum absolute atomic E-state index is 13.0. The first-order valence-corrected chi connectivity index (χ1v) is 9.26. The van der Waals surface area contributed by atoms with Crippen molar-refractivity contribution in [3.8, 4) is 5.75 Å². The molecule has 0 fully saturated rings. The smallest absolute Gasteiger partial charge is 0.277 e. The summed E-state index contributed by atoms with van der Waals surface area (Å²) in [4.78, 5) is 19.3. The minimum Gasteiger partial charge on any atom is -0.487 e. The molecule has 0 aliphatic carbocycles. The van der Waals surface area contributed by atoms with Gasteiger partial charge in [0.2, 0.25) is 0 Å². The molecule has 0 spiro atoms. The molecule has 4 rings (SSSR count). The third kappa shape index (κ3) is 3.89. The van der Waals surface area contributed by atoms with Gasteiger partial charge >= 0.3 is 0 Å². The number of anilines is 1. The summed E-state index contributed by atoms with van der Waals surface area (Å²) in [7, 11) is 1.66. The lowest BCUT2D eigenvalue weighted by molar-refractivity contribution is 0.0961. The fraction of sp³-hybridized carbons (Fsp3) is 0.286. The molecule has 0 saturated heterocycles. The van der Waals surface area contributed by atoms with Crippen molar-refractivity contribution in [2.45, 2.75) is 19.6 Å². The molecule has 1 amide bonds. The number of aromatic nitrogens is 3. The molecule has 3 aromatic rings. The largest absolute Gasteiger partial charge is 0.487 e. The van der Waals surface area contributed by atoms with E-state index in [-0.39, 0.29) is 5.91 Å². The van der Waals surface area contributed by atoms with Crippen molar-refractivity contribution in [1.29, 1.82) is 0 Å². The average molecular weight is 378 g/mol. The maximum atomic E-state index is 13.0. The normalized spacial score (nSPS) is 13.5. The minimum absolute atomic E-state index is 0.0962. The quantitative estimate of drug-likeness (QED) is 0.632. The molecule has 0 unspecified atom stereocenters. The molecule has 28 heavy (non-hydrogen) atoms. The van der Waals surface area contributed by atoms with Crippen LogP contribution in [0, 0.1) is 0 Å². The first kappa shape index (κ1) is 18.2. The number of hydrogen-bond donors (Lipinski definition) is 0. The van der Waals surface area contributed by atoms with E-state index in [1.807, 2.05) is 48.5 Å². The summed E-state index contributed by atoms with van der Waals surface area (Å²) in [5, 5.41) is 4.51. The molecule has 1 aromatic carbocycles. The number of amides is 1. The summed E-state index contributed by atoms with van der Waals surface area (Å²) in [5.41, 5.74) is 2.20. The van der Waals surface area contributed by atoms with Crippen LogP contribution in [-0.2, 0) is 24.3 Å². The van der Waals surface area contributed by atoms with Crippen LogP contribution in [0.1, 0.15) is 21.9 Å². The van der Waals surface area contributed by atoms with E-state index in [4.69, 9.17) is 9.47 Å². The summed E-state index contributed by atoms with van der Waals surface area (Å²) < 4.78 is 12.6. The van der Waals surface area contributed by atoms with Crippen molar-refractivity contribution in [3.63, 3.8) is 0 Å². The van der Waals surface area contributed by atoms with Crippen molar-refractivity contribution in [3.05, 3.63) is 71.7 Å². The number of pyridine rings is 1. The molecule has 0 bridgehead atoms. The highest BCUT2D eigenvalue weighted by Gasteiger charge is 2.28. The van der Waals surface area contributed by atoms with Gasteiger partial charge in [-0.2, -0.15) is 5.10 Å². The Morgan fingerprint density at radius 2 is 1.89 bits per heavy atom. The van der Waals surface area contributed by atoms with Gasteiger partial charge in [0.1, 0.15) is 29.6 Å². The van der Waals surface area contributed by atoms with E-state index in [0.29, 0.717) is 44.2 Å². The van der Waals surface area contributed by atoms with E-state index in [1.54, 1.807) is 22.8 Å². The van der Waals surface area contributed by atoms with Crippen LogP contribution in [0.2, 0.25) is 0 Å². The van der Waals surface area contributed by atoms with Gasteiger partial charge < -0.3 is 9.47 Å². The Kier molecular flexibility index (Phi) is 5.34. The van der Waals surface area contributed by atoms with Crippen molar-refractivity contribution in [1.82, 2.24) is 14.8 Å². The first-order valence-electron chi connectivity index (χ1n) is 9.26. The number of hydrogen-bond acceptors (Lipinski definition) is 5. The highest BCUT2D eigenvalue weighted by atomic mass is 16.5. The van der Waals surface area contributed by atoms with Gasteiger partial charge in [0, 0.05) is 25.8 Å². The molecule has 2 aromatic heterocycles. The number of carbonyl (C=O) groups is 1. The number of methoxy groups -OCH3 is 1. The topological polar surface area (TPSA) is 69.5 Å². The minimum atomic E-state index is -0.0962. The molecule has 7 heteroatoms. The van der Waals surface area contributed by atoms with Crippen molar-refractivity contribution in [2.24, 2.45) is 0 Å². The molecule has 7 nitrogen and oxygen atoms in total. The SMILES string of the molecule is COCCc1cccc(N2CCn3nc(COc4ccccc4)cc3C2=O)n1. The van der Waals surface area contributed by atoms with Gasteiger partial charge in [0.25, 0.3) is 5.91 Å². The maximum Gasteiger partial charge on any atom is 0.277 e. The van der Waals surface area contributed by atoms with Crippen LogP contribution in [0.5, 0.6) is 5.75 Å². The second-order valence-electron chi connectivity index (χ2n) is 6.53. The van der Waals surface area contributed by atoms with Crippen LogP contribution in [-0.4, -0.2) is 40.9 Å². The fourth-order valence-corrected chi connectivity index (χ4v) is 3.17. The van der Waals surface area contributed by atoms with E-state index >= 15 is 0 Å². The van der Waals surface area contributed by atoms with Crippen LogP contribution in [0.15, 0.2) is 54.6 Å². The Hall–Kier alpha value is -3.19. The summed E-state index contributed by atoms with van der Waals surface area (Å²) in [5.74, 6) is 1.34. The van der Waals surface area contributed by atoms with Crippen molar-refractivity contribution >= 4 is 11.7 Å². The zero-order chi connectivity index (χ0) is 19.3. The zero-order valence-corrected chi connectivity index (χ0v) is 15.7. The molecule has 1 aliphatic heterocycles. The number of rotatable bonds is 7. The number of benzene rings is 1. The van der Waals surface area contributed by atoms with Gasteiger partial charge in [-0.15, -0.1) is 0 Å². The fourth-order valence-electron chi connectivity index (χ4n) is 3.17. The van der Waals surface area contributed by atoms with Crippen molar-refractivity contribution < 1.29 is 14.3 Å². The number of nitrogens with zero attached hydrogens (tertiary/aromatic N) is 4. The van der Waals surface area contributed by atoms with Crippen molar-refractivity contribution in [2.75, 3.05) is 25.2 Å². The molecule has 0 N–H and O–H groups in total. The van der Waals surface area contributed by atoms with Crippen LogP contribution in [0.4, 0.5) is 5.82 Å². The van der Waals surface area contributed by atoms with E-state index in [0.717, 1.165) is 17.1 Å². The van der Waals surface area contributed by atoms with Crippen LogP contribution in [0.25, 0.3) is 0 Å². The average Bonchev–Trinajstić information content (AvgIpc) is 3.16. The number of carbonyl (C=O) groups excluding carboxylic acids is 1. The monoisotopic (exact) mass is 378 g/mol. The molecule has 0 atom stereocenters. The Balaban J connectivity index is 1.48. The van der Waals surface area contributed by atoms with E-state index in [9.17, 15) is 4.79 Å². The Bertz CT molecular complexity index is 955. The van der Waals surface area contributed by atoms with Gasteiger partial charge in [0.15, 0.2) is 0 Å². The Morgan fingerprint density at radius 3 is 2.71 bits per heavy atom. The van der Waals surface area contributed by atoms with Gasteiger partial charge in [-0.3, -0.25) is 14.4 Å². The highest BCUT2D eigenvalue weighted by molar-refractivity contribution is 6.05. The first-order chi connectivity index (χ1) is 13.7. The van der Waals surface area contributed by atoms with Gasteiger partial charge in [-0.25, -0.2) is 4.98 Å². The summed E-state index contributed by atoms with van der Waals surface area (Å²) in [6, 6.07) is 17.1. The molecule has 1 aliphatic rings. The Morgan fingerprint density at radius 1 is 1.04 bits per heavy atom. The summed E-state index contributed by atoms with van der Waals surface area (Å²) in [6.45, 7) is 2.08. The standard InChI is InChI=1S/C21H22N4O3/c1-27-13-10-16-6-5-9-20(22-16)24-11-12-25-19(21(24)26)14-17(23-25)15-28-18-7-3-2-4-8-18/h2-9,14H,10-13,15H2,1H3. The van der Waals surface area contributed by atoms with Crippen LogP contribution in [0.3, 0.4) is 0 Å². The molecule has 3 heterocycles. The number of fused-ring (bicyclic) bond motifs is 1. The molecule has 0 saturated carbocycles. The second-order valence-corrected chi connectivity index (χ2v) is 6.53. The predicted molar refractivity (Wildman–Crippen MR) is 104 cm³/mol. The van der Waals surface area contributed by atoms with Gasteiger partial charge in [-0.05, 0) is 30.3 Å². The van der Waals surface area contributed by atoms with E-state index in [2.05, 4.69) is 10.1 Å². The summed E-state index contributed by atoms with van der Waals surface area (Å²) >= 11 is 0. The Labute approximate surface area is 163 Å². The van der Waals surface area contributed by atoms with Crippen LogP contribution >= 0.6 is 0 Å². The number of para-hydroxylation sites is 1. The summed E-state index contributed by atoms with van der Waals surface area (Å²) in [6.07, 6.45) is 0.714. The van der Waals surface area contributed by atoms with E-state index in [1.165, 1.54) is 0 Å². The van der Waals surface area contributed by atoms with E-state index < -0.39 is 0 Å². The molecule has 144 valence electrons. The third-order valence-electron chi connectivity index (χ3n) is 4.59. The molecule has 0 radical (unpaired) electrons. The molecular formula is C21H22N4O3. The highest BCUT2D eigenvalue weighted by Crippen LogP contribution is 2.21. The lowest BCUT2D eigenvalue weighted by Gasteiger charge is -2.26. The second kappa shape index (κ2) is 8.22. The molecular weight excluding hydrogens is 356 g/mol. The van der Waals surface area contributed by atoms with Gasteiger partial charge in [-0.1, -0.05) is 24.3 Å². The third-order valence-corrected chi connectivity index (χ3v) is 4.59. The lowest BCUT2D eigenvalue weighted by atomic mass is 10.2. The predicted octanol–water partition coefficient (Wildman–Crippen LogP) is 2.71. The zero-order valence-electron chi connectivity index (χ0n) is 15.7.